The molecule has 3 N–H and O–H groups in total. The predicted octanol–water partition coefficient (Wildman–Crippen LogP) is 0.983. The van der Waals surface area contributed by atoms with Gasteiger partial charge in [-0.2, -0.15) is 0 Å². The van der Waals surface area contributed by atoms with E-state index < -0.39 is 11.8 Å². The maximum Gasteiger partial charge on any atom is 0.338 e. The van der Waals surface area contributed by atoms with Gasteiger partial charge in [-0.05, 0) is 17.7 Å². The van der Waals surface area contributed by atoms with Gasteiger partial charge < -0.3 is 10.8 Å². The van der Waals surface area contributed by atoms with Crippen LogP contribution in [0.1, 0.15) is 15.9 Å². The highest BCUT2D eigenvalue weighted by Gasteiger charge is 2.09. The molecule has 4 heteroatoms. The molecular weight excluding hydrogens is 161 g/mol. The standard InChI is InChI=1S/C8H8FNO2/c9-7-2-1-5(4-10)3-6(7)8(11)12/h1-3H,4,10H2,(H,11,12). The summed E-state index contributed by atoms with van der Waals surface area (Å²) in [5.74, 6) is -2.01. The molecule has 0 aliphatic heterocycles. The van der Waals surface area contributed by atoms with Crippen molar-refractivity contribution in [1.82, 2.24) is 0 Å². The second-order valence-corrected chi connectivity index (χ2v) is 2.32. The molecule has 1 aromatic carbocycles. The fraction of sp³-hybridized carbons (Fsp3) is 0.125. The highest BCUT2D eigenvalue weighted by Crippen LogP contribution is 2.09. The van der Waals surface area contributed by atoms with Crippen LogP contribution in [-0.4, -0.2) is 11.1 Å². The van der Waals surface area contributed by atoms with Crippen molar-refractivity contribution >= 4 is 5.97 Å². The molecule has 0 aromatic heterocycles. The van der Waals surface area contributed by atoms with E-state index in [2.05, 4.69) is 0 Å². The van der Waals surface area contributed by atoms with Gasteiger partial charge >= 0.3 is 5.97 Å². The van der Waals surface area contributed by atoms with Crippen molar-refractivity contribution in [1.29, 1.82) is 0 Å². The topological polar surface area (TPSA) is 63.3 Å². The number of halogens is 1. The second kappa shape index (κ2) is 3.32. The molecule has 0 radical (unpaired) electrons. The molecule has 0 fully saturated rings. The normalized spacial score (nSPS) is 9.83. The SMILES string of the molecule is NCc1ccc(F)c(C(=O)O)c1. The predicted molar refractivity (Wildman–Crippen MR) is 41.3 cm³/mol. The van der Waals surface area contributed by atoms with Gasteiger partial charge in [0.15, 0.2) is 0 Å². The minimum atomic E-state index is -1.28. The lowest BCUT2D eigenvalue weighted by Gasteiger charge is -1.99. The van der Waals surface area contributed by atoms with Crippen molar-refractivity contribution < 1.29 is 14.3 Å². The van der Waals surface area contributed by atoms with E-state index in [1.807, 2.05) is 0 Å². The Kier molecular flexibility index (Phi) is 2.40. The molecule has 0 bridgehead atoms. The Morgan fingerprint density at radius 2 is 2.25 bits per heavy atom. The summed E-state index contributed by atoms with van der Waals surface area (Å²) in [6, 6.07) is 3.80. The molecule has 0 unspecified atom stereocenters. The van der Waals surface area contributed by atoms with Crippen LogP contribution >= 0.6 is 0 Å². The van der Waals surface area contributed by atoms with E-state index in [9.17, 15) is 9.18 Å². The summed E-state index contributed by atoms with van der Waals surface area (Å²) in [7, 11) is 0. The number of hydrogen-bond acceptors (Lipinski definition) is 2. The second-order valence-electron chi connectivity index (χ2n) is 2.32. The van der Waals surface area contributed by atoms with Crippen molar-refractivity contribution in [3.05, 3.63) is 35.1 Å². The van der Waals surface area contributed by atoms with Gasteiger partial charge in [0.25, 0.3) is 0 Å². The molecular formula is C8H8FNO2. The van der Waals surface area contributed by atoms with Crippen LogP contribution in [0.2, 0.25) is 0 Å². The van der Waals surface area contributed by atoms with Crippen molar-refractivity contribution in [3.63, 3.8) is 0 Å². The Labute approximate surface area is 68.6 Å². The highest BCUT2D eigenvalue weighted by molar-refractivity contribution is 5.88. The van der Waals surface area contributed by atoms with Crippen molar-refractivity contribution in [2.45, 2.75) is 6.54 Å². The molecule has 0 heterocycles. The van der Waals surface area contributed by atoms with Crippen LogP contribution in [-0.2, 0) is 6.54 Å². The Bertz CT molecular complexity index is 312. The Morgan fingerprint density at radius 1 is 1.58 bits per heavy atom. The monoisotopic (exact) mass is 169 g/mol. The molecule has 0 aliphatic carbocycles. The maximum atomic E-state index is 12.7. The van der Waals surface area contributed by atoms with Crippen LogP contribution in [0.25, 0.3) is 0 Å². The number of rotatable bonds is 2. The summed E-state index contributed by atoms with van der Waals surface area (Å²) in [5.41, 5.74) is 5.52. The van der Waals surface area contributed by atoms with Gasteiger partial charge in [-0.15, -0.1) is 0 Å². The van der Waals surface area contributed by atoms with E-state index in [1.54, 1.807) is 0 Å². The van der Waals surface area contributed by atoms with Gasteiger partial charge in [0.05, 0.1) is 5.56 Å². The molecule has 0 amide bonds. The first-order chi connectivity index (χ1) is 5.65. The van der Waals surface area contributed by atoms with Crippen molar-refractivity contribution in [3.8, 4) is 0 Å². The lowest BCUT2D eigenvalue weighted by atomic mass is 10.1. The zero-order chi connectivity index (χ0) is 9.14. The quantitative estimate of drug-likeness (QED) is 0.693. The number of benzene rings is 1. The molecule has 12 heavy (non-hydrogen) atoms. The van der Waals surface area contributed by atoms with E-state index >= 15 is 0 Å². The molecule has 1 aromatic rings. The number of carbonyl (C=O) groups is 1. The molecule has 0 atom stereocenters. The number of hydrogen-bond donors (Lipinski definition) is 2. The number of carboxylic acid groups (broad SMARTS) is 1. The zero-order valence-corrected chi connectivity index (χ0v) is 6.25. The van der Waals surface area contributed by atoms with Crippen LogP contribution in [0.4, 0.5) is 4.39 Å². The molecule has 0 aliphatic rings. The van der Waals surface area contributed by atoms with Crippen LogP contribution in [0.3, 0.4) is 0 Å². The Balaban J connectivity index is 3.17. The summed E-state index contributed by atoms with van der Waals surface area (Å²) in [4.78, 5) is 10.4. The summed E-state index contributed by atoms with van der Waals surface area (Å²) in [6.07, 6.45) is 0. The van der Waals surface area contributed by atoms with Gasteiger partial charge in [0.1, 0.15) is 5.82 Å². The van der Waals surface area contributed by atoms with Crippen LogP contribution < -0.4 is 5.73 Å². The van der Waals surface area contributed by atoms with Crippen LogP contribution in [0.15, 0.2) is 18.2 Å². The lowest BCUT2D eigenvalue weighted by Crippen LogP contribution is -2.04. The average molecular weight is 169 g/mol. The Morgan fingerprint density at radius 3 is 2.75 bits per heavy atom. The number of nitrogens with two attached hydrogens (primary N) is 1. The average Bonchev–Trinajstić information content (AvgIpc) is 2.05. The lowest BCUT2D eigenvalue weighted by molar-refractivity contribution is 0.0692. The zero-order valence-electron chi connectivity index (χ0n) is 6.25. The molecule has 0 saturated carbocycles. The summed E-state index contributed by atoms with van der Waals surface area (Å²) < 4.78 is 12.7. The van der Waals surface area contributed by atoms with Crippen LogP contribution in [0.5, 0.6) is 0 Å². The third-order valence-electron chi connectivity index (χ3n) is 1.50. The fourth-order valence-corrected chi connectivity index (χ4v) is 0.863. The molecule has 0 saturated heterocycles. The third kappa shape index (κ3) is 1.60. The molecule has 1 rings (SSSR count). The van der Waals surface area contributed by atoms with Gasteiger partial charge in [0, 0.05) is 6.54 Å². The van der Waals surface area contributed by atoms with Gasteiger partial charge in [-0.1, -0.05) is 6.07 Å². The van der Waals surface area contributed by atoms with Crippen molar-refractivity contribution in [2.24, 2.45) is 5.73 Å². The smallest absolute Gasteiger partial charge is 0.338 e. The number of aromatic carboxylic acids is 1. The number of carboxylic acids is 1. The Hall–Kier alpha value is -1.42. The van der Waals surface area contributed by atoms with E-state index in [-0.39, 0.29) is 12.1 Å². The van der Waals surface area contributed by atoms with E-state index in [0.29, 0.717) is 5.56 Å². The summed E-state index contributed by atoms with van der Waals surface area (Å²) in [6.45, 7) is 0.209. The first-order valence-corrected chi connectivity index (χ1v) is 3.37. The molecule has 0 spiro atoms. The van der Waals surface area contributed by atoms with E-state index in [4.69, 9.17) is 10.8 Å². The first-order valence-electron chi connectivity index (χ1n) is 3.37. The first kappa shape index (κ1) is 8.67. The van der Waals surface area contributed by atoms with Gasteiger partial charge in [-0.25, -0.2) is 9.18 Å². The summed E-state index contributed by atoms with van der Waals surface area (Å²) >= 11 is 0. The fourth-order valence-electron chi connectivity index (χ4n) is 0.863. The minimum absolute atomic E-state index is 0.209. The van der Waals surface area contributed by atoms with E-state index in [1.165, 1.54) is 12.1 Å². The third-order valence-corrected chi connectivity index (χ3v) is 1.50. The largest absolute Gasteiger partial charge is 0.478 e. The van der Waals surface area contributed by atoms with Crippen LogP contribution in [0, 0.1) is 5.82 Å². The maximum absolute atomic E-state index is 12.7. The van der Waals surface area contributed by atoms with Crippen molar-refractivity contribution in [2.75, 3.05) is 0 Å². The highest BCUT2D eigenvalue weighted by atomic mass is 19.1. The van der Waals surface area contributed by atoms with E-state index in [0.717, 1.165) is 6.07 Å². The van der Waals surface area contributed by atoms with Gasteiger partial charge in [0.2, 0.25) is 0 Å². The minimum Gasteiger partial charge on any atom is -0.478 e. The molecule has 3 nitrogen and oxygen atoms in total. The molecule has 64 valence electrons. The summed E-state index contributed by atoms with van der Waals surface area (Å²) in [5, 5.41) is 8.50. The van der Waals surface area contributed by atoms with Gasteiger partial charge in [-0.3, -0.25) is 0 Å².